The molecular weight excluding hydrogens is 767 g/mol. The number of benzene rings is 1. The molecule has 1 aromatic carbocycles. The lowest BCUT2D eigenvalue weighted by Gasteiger charge is -2.29. The van der Waals surface area contributed by atoms with Crippen LogP contribution in [-0.2, 0) is 9.59 Å². The first-order valence-electron chi connectivity index (χ1n) is 9.08. The zero-order chi connectivity index (χ0) is 24.9. The fourth-order valence-corrected chi connectivity index (χ4v) is 6.82. The summed E-state index contributed by atoms with van der Waals surface area (Å²) < 4.78 is 1.34. The molecule has 180 valence electrons. The fraction of sp³-hybridized carbons (Fsp3) is 0.500. The molecule has 1 aromatic rings. The topological polar surface area (TPSA) is 180 Å². The second-order valence-corrected chi connectivity index (χ2v) is 10.1. The third kappa shape index (κ3) is 7.31. The van der Waals surface area contributed by atoms with E-state index in [1.807, 2.05) is 67.8 Å². The number of amides is 3. The van der Waals surface area contributed by atoms with Gasteiger partial charge in [-0.3, -0.25) is 14.4 Å². The lowest BCUT2D eigenvalue weighted by atomic mass is 10.0. The summed E-state index contributed by atoms with van der Waals surface area (Å²) in [5, 5.41) is 53.6. The first-order chi connectivity index (χ1) is 14.7. The van der Waals surface area contributed by atoms with Crippen LogP contribution in [0.1, 0.15) is 24.2 Å². The van der Waals surface area contributed by atoms with Crippen LogP contribution in [0.25, 0.3) is 0 Å². The summed E-state index contributed by atoms with van der Waals surface area (Å²) in [7, 11) is 1.35. The van der Waals surface area contributed by atoms with Crippen molar-refractivity contribution in [3.8, 4) is 0 Å². The summed E-state index contributed by atoms with van der Waals surface area (Å²) in [6.07, 6.45) is -6.95. The highest BCUT2D eigenvalue weighted by Gasteiger charge is 2.33. The lowest BCUT2D eigenvalue weighted by molar-refractivity contribution is -0.117. The maximum absolute atomic E-state index is 13.2. The number of likely N-dealkylation sites (N-methyl/N-ethyl adjacent to an activating group) is 1. The van der Waals surface area contributed by atoms with Crippen molar-refractivity contribution >= 4 is 96.9 Å². The van der Waals surface area contributed by atoms with E-state index in [0.717, 1.165) is 4.90 Å². The molecule has 0 aliphatic heterocycles. The molecule has 0 aromatic heterocycles. The Morgan fingerprint density at radius 2 is 1.25 bits per heavy atom. The van der Waals surface area contributed by atoms with E-state index in [1.165, 1.54) is 20.9 Å². The van der Waals surface area contributed by atoms with Gasteiger partial charge < -0.3 is 41.1 Å². The number of aliphatic hydroxyl groups excluding tert-OH is 5. The van der Waals surface area contributed by atoms with Crippen molar-refractivity contribution in [3.05, 3.63) is 16.3 Å². The van der Waals surface area contributed by atoms with Crippen LogP contribution in [0.4, 0.5) is 11.4 Å². The number of hydrogen-bond donors (Lipinski definition) is 7. The Balaban J connectivity index is 3.36. The maximum atomic E-state index is 13.2. The quantitative estimate of drug-likeness (QED) is 0.170. The number of halogens is 3. The molecule has 0 bridgehead atoms. The van der Waals surface area contributed by atoms with Gasteiger partial charge in [0.25, 0.3) is 5.91 Å². The van der Waals surface area contributed by atoms with Crippen molar-refractivity contribution in [2.24, 2.45) is 0 Å². The smallest absolute Gasteiger partial charge is 0.256 e. The average molecular weight is 791 g/mol. The van der Waals surface area contributed by atoms with Crippen LogP contribution in [0.15, 0.2) is 0 Å². The summed E-state index contributed by atoms with van der Waals surface area (Å²) in [5.74, 6) is -1.34. The Labute approximate surface area is 225 Å². The van der Waals surface area contributed by atoms with Gasteiger partial charge in [-0.25, -0.2) is 0 Å². The number of anilines is 2. The van der Waals surface area contributed by atoms with E-state index in [0.29, 0.717) is 22.1 Å². The summed E-state index contributed by atoms with van der Waals surface area (Å²) in [6.45, 7) is 1.37. The molecule has 0 fully saturated rings. The van der Waals surface area contributed by atoms with Crippen molar-refractivity contribution in [1.82, 2.24) is 4.90 Å². The Morgan fingerprint density at radius 3 is 1.62 bits per heavy atom. The Hall–Kier alpha value is -0.380. The molecule has 0 saturated heterocycles. The van der Waals surface area contributed by atoms with Crippen molar-refractivity contribution in [2.45, 2.75) is 38.3 Å². The minimum Gasteiger partial charge on any atom is -0.394 e. The van der Waals surface area contributed by atoms with Gasteiger partial charge in [0.2, 0.25) is 11.8 Å². The standard InChI is InChI=1S/C18H24I3N3O8/c1-6(26)22-14-11(19)10(12(20)15(13(14)21)23-7(2)27)18(32)24(3)4-8(28)16(30)17(31)9(29)5-25/h8-9,16-17,25,28-31H,4-5H2,1-3H3,(H,22,26)(H,23,27)/t8-,9+,16+,17+/m0/s1. The van der Waals surface area contributed by atoms with Crippen LogP contribution in [0.3, 0.4) is 0 Å². The molecule has 32 heavy (non-hydrogen) atoms. The molecule has 0 spiro atoms. The first-order valence-corrected chi connectivity index (χ1v) is 12.3. The molecule has 4 atom stereocenters. The highest BCUT2D eigenvalue weighted by molar-refractivity contribution is 14.1. The second-order valence-electron chi connectivity index (χ2n) is 6.91. The molecule has 7 N–H and O–H groups in total. The lowest BCUT2D eigenvalue weighted by Crippen LogP contribution is -2.50. The minimum absolute atomic E-state index is 0.152. The third-order valence-corrected chi connectivity index (χ3v) is 7.50. The summed E-state index contributed by atoms with van der Waals surface area (Å²) in [6, 6.07) is 0. The Bertz CT molecular complexity index is 843. The number of rotatable bonds is 9. The number of carbonyl (C=O) groups is 3. The van der Waals surface area contributed by atoms with Gasteiger partial charge in [0, 0.05) is 27.4 Å². The Kier molecular flexibility index (Phi) is 12.0. The highest BCUT2D eigenvalue weighted by Crippen LogP contribution is 2.39. The van der Waals surface area contributed by atoms with E-state index >= 15 is 0 Å². The number of hydrogen-bond acceptors (Lipinski definition) is 8. The van der Waals surface area contributed by atoms with Gasteiger partial charge in [0.15, 0.2) is 0 Å². The number of nitrogens with zero attached hydrogens (tertiary/aromatic N) is 1. The molecule has 0 heterocycles. The van der Waals surface area contributed by atoms with Gasteiger partial charge in [-0.15, -0.1) is 0 Å². The first kappa shape index (κ1) is 29.7. The molecule has 0 radical (unpaired) electrons. The molecule has 0 saturated carbocycles. The summed E-state index contributed by atoms with van der Waals surface area (Å²) in [4.78, 5) is 37.7. The second kappa shape index (κ2) is 12.9. The number of carbonyl (C=O) groups excluding carboxylic acids is 3. The van der Waals surface area contributed by atoms with E-state index in [1.54, 1.807) is 0 Å². The zero-order valence-corrected chi connectivity index (χ0v) is 23.7. The van der Waals surface area contributed by atoms with Crippen LogP contribution in [0, 0.1) is 10.7 Å². The molecule has 0 aliphatic carbocycles. The highest BCUT2D eigenvalue weighted by atomic mass is 127. The average Bonchev–Trinajstić information content (AvgIpc) is 2.71. The van der Waals surface area contributed by atoms with E-state index in [-0.39, 0.29) is 17.4 Å². The minimum atomic E-state index is -1.83. The fourth-order valence-electron chi connectivity index (χ4n) is 2.65. The predicted molar refractivity (Wildman–Crippen MR) is 141 cm³/mol. The van der Waals surface area contributed by atoms with E-state index in [9.17, 15) is 34.8 Å². The monoisotopic (exact) mass is 791 g/mol. The van der Waals surface area contributed by atoms with Gasteiger partial charge in [0.05, 0.1) is 34.3 Å². The van der Waals surface area contributed by atoms with E-state index < -0.39 is 43.5 Å². The Morgan fingerprint density at radius 1 is 0.844 bits per heavy atom. The normalized spacial score (nSPS) is 14.8. The molecule has 3 amide bonds. The molecule has 1 rings (SSSR count). The number of nitrogens with one attached hydrogen (secondary N) is 2. The van der Waals surface area contributed by atoms with Crippen molar-refractivity contribution in [1.29, 1.82) is 0 Å². The predicted octanol–water partition coefficient (Wildman–Crippen LogP) is -0.0749. The van der Waals surface area contributed by atoms with Crippen molar-refractivity contribution in [2.75, 3.05) is 30.8 Å². The molecule has 0 aliphatic rings. The van der Waals surface area contributed by atoms with Crippen LogP contribution < -0.4 is 10.6 Å². The van der Waals surface area contributed by atoms with Gasteiger partial charge >= 0.3 is 0 Å². The van der Waals surface area contributed by atoms with Crippen LogP contribution in [0.2, 0.25) is 0 Å². The van der Waals surface area contributed by atoms with Crippen molar-refractivity contribution in [3.63, 3.8) is 0 Å². The molecule has 0 unspecified atom stereocenters. The van der Waals surface area contributed by atoms with Gasteiger partial charge in [-0.1, -0.05) is 0 Å². The maximum Gasteiger partial charge on any atom is 0.256 e. The largest absolute Gasteiger partial charge is 0.394 e. The summed E-state index contributed by atoms with van der Waals surface area (Å²) in [5.41, 5.74) is 0.822. The molecule has 14 heteroatoms. The van der Waals surface area contributed by atoms with E-state index in [2.05, 4.69) is 10.6 Å². The van der Waals surface area contributed by atoms with Crippen LogP contribution in [-0.4, -0.2) is 92.8 Å². The van der Waals surface area contributed by atoms with Crippen molar-refractivity contribution < 1.29 is 39.9 Å². The summed E-state index contributed by atoms with van der Waals surface area (Å²) >= 11 is 5.75. The van der Waals surface area contributed by atoms with Crippen LogP contribution >= 0.6 is 67.8 Å². The zero-order valence-electron chi connectivity index (χ0n) is 17.3. The molecular formula is C18H24I3N3O8. The third-order valence-electron chi connectivity index (χ3n) is 4.27. The van der Waals surface area contributed by atoms with Crippen LogP contribution in [0.5, 0.6) is 0 Å². The van der Waals surface area contributed by atoms with Gasteiger partial charge in [-0.05, 0) is 67.8 Å². The number of aliphatic hydroxyl groups is 5. The van der Waals surface area contributed by atoms with Gasteiger partial charge in [-0.2, -0.15) is 0 Å². The SMILES string of the molecule is CC(=O)Nc1c(I)c(NC(C)=O)c(I)c(C(=O)N(C)C[C@H](O)[C@@H](O)[C@H](O)[C@H](O)CO)c1I. The molecule has 11 nitrogen and oxygen atoms in total. The van der Waals surface area contributed by atoms with Gasteiger partial charge in [0.1, 0.15) is 24.4 Å². The van der Waals surface area contributed by atoms with E-state index in [4.69, 9.17) is 5.11 Å².